The van der Waals surface area contributed by atoms with Crippen LogP contribution in [-0.4, -0.2) is 34.5 Å². The molecule has 0 spiro atoms. The van der Waals surface area contributed by atoms with Crippen LogP contribution in [0.2, 0.25) is 0 Å². The van der Waals surface area contributed by atoms with Crippen LogP contribution in [0.3, 0.4) is 0 Å². The Morgan fingerprint density at radius 1 is 1.18 bits per heavy atom. The van der Waals surface area contributed by atoms with Gasteiger partial charge in [0.05, 0.1) is 5.69 Å². The van der Waals surface area contributed by atoms with Gasteiger partial charge in [-0.25, -0.2) is 9.97 Å². The van der Waals surface area contributed by atoms with Crippen molar-refractivity contribution in [2.45, 2.75) is 18.9 Å². The number of hydrogen-bond donors (Lipinski definition) is 1. The standard InChI is InChI=1S/C17H19N5/c1-21(2)14-7-3-12(4-8-14)15-11-22-10-9-18-17(22)16(20-15)19-13-5-6-13/h3-4,7-11,13H,5-6H2,1-2H3,(H,19,20). The highest BCUT2D eigenvalue weighted by Gasteiger charge is 2.23. The van der Waals surface area contributed by atoms with Crippen LogP contribution in [0.15, 0.2) is 42.9 Å². The van der Waals surface area contributed by atoms with E-state index in [1.807, 2.05) is 37.1 Å². The van der Waals surface area contributed by atoms with Gasteiger partial charge in [-0.15, -0.1) is 0 Å². The first-order valence-corrected chi connectivity index (χ1v) is 7.59. The van der Waals surface area contributed by atoms with Crippen LogP contribution < -0.4 is 10.2 Å². The summed E-state index contributed by atoms with van der Waals surface area (Å²) in [4.78, 5) is 11.3. The Morgan fingerprint density at radius 2 is 1.95 bits per heavy atom. The Labute approximate surface area is 129 Å². The fraction of sp³-hybridized carbons (Fsp3) is 0.294. The highest BCUT2D eigenvalue weighted by atomic mass is 15.1. The number of fused-ring (bicyclic) bond motifs is 1. The van der Waals surface area contributed by atoms with Gasteiger partial charge in [0.15, 0.2) is 11.5 Å². The molecule has 0 atom stereocenters. The van der Waals surface area contributed by atoms with Gasteiger partial charge >= 0.3 is 0 Å². The summed E-state index contributed by atoms with van der Waals surface area (Å²) in [7, 11) is 4.09. The highest BCUT2D eigenvalue weighted by molar-refractivity contribution is 5.70. The monoisotopic (exact) mass is 293 g/mol. The summed E-state index contributed by atoms with van der Waals surface area (Å²) in [5, 5.41) is 3.48. The summed E-state index contributed by atoms with van der Waals surface area (Å²) in [6, 6.07) is 9.01. The average molecular weight is 293 g/mol. The fourth-order valence-corrected chi connectivity index (χ4v) is 2.52. The largest absolute Gasteiger partial charge is 0.378 e. The second-order valence-corrected chi connectivity index (χ2v) is 5.99. The van der Waals surface area contributed by atoms with Crippen LogP contribution in [0.4, 0.5) is 11.5 Å². The maximum absolute atomic E-state index is 4.79. The molecule has 1 aliphatic carbocycles. The Bertz CT molecular complexity index is 800. The average Bonchev–Trinajstić information content (AvgIpc) is 3.21. The minimum atomic E-state index is 0.555. The molecule has 0 amide bonds. The van der Waals surface area contributed by atoms with E-state index >= 15 is 0 Å². The van der Waals surface area contributed by atoms with Crippen LogP contribution in [0.1, 0.15) is 12.8 Å². The van der Waals surface area contributed by atoms with Crippen molar-refractivity contribution in [3.05, 3.63) is 42.9 Å². The van der Waals surface area contributed by atoms with Gasteiger partial charge < -0.3 is 14.6 Å². The third-order valence-corrected chi connectivity index (χ3v) is 3.97. The first-order valence-electron chi connectivity index (χ1n) is 7.59. The summed E-state index contributed by atoms with van der Waals surface area (Å²) < 4.78 is 2.03. The number of anilines is 2. The fourth-order valence-electron chi connectivity index (χ4n) is 2.52. The zero-order chi connectivity index (χ0) is 15.1. The molecule has 1 saturated carbocycles. The van der Waals surface area contributed by atoms with Gasteiger partial charge in [0.1, 0.15) is 0 Å². The maximum Gasteiger partial charge on any atom is 0.180 e. The zero-order valence-electron chi connectivity index (χ0n) is 12.8. The summed E-state index contributed by atoms with van der Waals surface area (Å²) in [6.07, 6.45) is 8.25. The van der Waals surface area contributed by atoms with Gasteiger partial charge in [-0.1, -0.05) is 12.1 Å². The van der Waals surface area contributed by atoms with Gasteiger partial charge in [0.25, 0.3) is 0 Å². The topological polar surface area (TPSA) is 45.5 Å². The predicted molar refractivity (Wildman–Crippen MR) is 89.4 cm³/mol. The molecule has 1 N–H and O–H groups in total. The predicted octanol–water partition coefficient (Wildman–Crippen LogP) is 3.04. The van der Waals surface area contributed by atoms with Crippen LogP contribution >= 0.6 is 0 Å². The number of imidazole rings is 1. The van der Waals surface area contributed by atoms with Crippen molar-refractivity contribution >= 4 is 17.2 Å². The summed E-state index contributed by atoms with van der Waals surface area (Å²) in [5.74, 6) is 0.877. The smallest absolute Gasteiger partial charge is 0.180 e. The summed E-state index contributed by atoms with van der Waals surface area (Å²) >= 11 is 0. The summed E-state index contributed by atoms with van der Waals surface area (Å²) in [6.45, 7) is 0. The molecular weight excluding hydrogens is 274 g/mol. The normalized spacial score (nSPS) is 14.3. The first-order chi connectivity index (χ1) is 10.7. The molecule has 5 heteroatoms. The number of nitrogens with one attached hydrogen (secondary N) is 1. The molecule has 0 unspecified atom stereocenters. The Hall–Kier alpha value is -2.56. The number of nitrogens with zero attached hydrogens (tertiary/aromatic N) is 4. The molecule has 0 bridgehead atoms. The lowest BCUT2D eigenvalue weighted by atomic mass is 10.1. The molecule has 1 fully saturated rings. The van der Waals surface area contributed by atoms with E-state index in [9.17, 15) is 0 Å². The lowest BCUT2D eigenvalue weighted by Gasteiger charge is -2.13. The molecule has 112 valence electrons. The Balaban J connectivity index is 1.76. The number of benzene rings is 1. The first kappa shape index (κ1) is 13.1. The second kappa shape index (κ2) is 5.02. The van der Waals surface area contributed by atoms with E-state index in [-0.39, 0.29) is 0 Å². The van der Waals surface area contributed by atoms with Crippen LogP contribution in [0.5, 0.6) is 0 Å². The molecule has 2 aromatic heterocycles. The van der Waals surface area contributed by atoms with Crippen molar-refractivity contribution in [3.63, 3.8) is 0 Å². The van der Waals surface area contributed by atoms with Crippen LogP contribution in [-0.2, 0) is 0 Å². The molecule has 4 rings (SSSR count). The van der Waals surface area contributed by atoms with E-state index < -0.39 is 0 Å². The van der Waals surface area contributed by atoms with Gasteiger partial charge in [0, 0.05) is 50.0 Å². The van der Waals surface area contributed by atoms with E-state index in [1.54, 1.807) is 0 Å². The van der Waals surface area contributed by atoms with Gasteiger partial charge in [-0.2, -0.15) is 0 Å². The molecule has 1 aromatic carbocycles. The molecule has 3 aromatic rings. The van der Waals surface area contributed by atoms with Gasteiger partial charge in [0.2, 0.25) is 0 Å². The lowest BCUT2D eigenvalue weighted by molar-refractivity contribution is 1.07. The quantitative estimate of drug-likeness (QED) is 0.803. The van der Waals surface area contributed by atoms with Crippen LogP contribution in [0, 0.1) is 0 Å². The van der Waals surface area contributed by atoms with Gasteiger partial charge in [-0.3, -0.25) is 0 Å². The van der Waals surface area contributed by atoms with Crippen molar-refractivity contribution in [3.8, 4) is 11.3 Å². The summed E-state index contributed by atoms with van der Waals surface area (Å²) in [5.41, 5.74) is 4.14. The van der Waals surface area contributed by atoms with Crippen molar-refractivity contribution in [2.75, 3.05) is 24.3 Å². The van der Waals surface area contributed by atoms with Crippen LogP contribution in [0.25, 0.3) is 16.9 Å². The molecule has 2 heterocycles. The molecule has 5 nitrogen and oxygen atoms in total. The minimum absolute atomic E-state index is 0.555. The van der Waals surface area contributed by atoms with Crippen molar-refractivity contribution in [1.29, 1.82) is 0 Å². The van der Waals surface area contributed by atoms with E-state index in [0.717, 1.165) is 22.7 Å². The Kier molecular flexibility index (Phi) is 2.99. The third kappa shape index (κ3) is 2.39. The third-order valence-electron chi connectivity index (χ3n) is 3.97. The molecule has 0 aliphatic heterocycles. The van der Waals surface area contributed by atoms with E-state index in [4.69, 9.17) is 4.98 Å². The van der Waals surface area contributed by atoms with Crippen molar-refractivity contribution in [2.24, 2.45) is 0 Å². The molecule has 22 heavy (non-hydrogen) atoms. The second-order valence-electron chi connectivity index (χ2n) is 5.99. The van der Waals surface area contributed by atoms with E-state index in [2.05, 4.69) is 39.5 Å². The van der Waals surface area contributed by atoms with E-state index in [1.165, 1.54) is 18.5 Å². The van der Waals surface area contributed by atoms with Gasteiger partial charge in [-0.05, 0) is 25.0 Å². The highest BCUT2D eigenvalue weighted by Crippen LogP contribution is 2.28. The maximum atomic E-state index is 4.79. The van der Waals surface area contributed by atoms with E-state index in [0.29, 0.717) is 6.04 Å². The molecule has 0 radical (unpaired) electrons. The van der Waals surface area contributed by atoms with Crippen molar-refractivity contribution in [1.82, 2.24) is 14.4 Å². The molecule has 1 aliphatic rings. The number of hydrogen-bond acceptors (Lipinski definition) is 4. The lowest BCUT2D eigenvalue weighted by Crippen LogP contribution is -2.08. The number of rotatable bonds is 4. The molecular formula is C17H19N5. The zero-order valence-corrected chi connectivity index (χ0v) is 12.8. The minimum Gasteiger partial charge on any atom is -0.378 e. The SMILES string of the molecule is CN(C)c1ccc(-c2cn3ccnc3c(NC3CC3)n2)cc1. The van der Waals surface area contributed by atoms with Crippen molar-refractivity contribution < 1.29 is 0 Å². The Morgan fingerprint density at radius 3 is 2.64 bits per heavy atom. The molecule has 0 saturated heterocycles. The number of aromatic nitrogens is 3.